The molecule has 5 rings (SSSR count). The number of halogens is 1. The molecular formula is C21H23ClN4O2. The molecule has 4 heterocycles. The molecule has 0 atom stereocenters. The van der Waals surface area contributed by atoms with Crippen molar-refractivity contribution in [3.63, 3.8) is 0 Å². The van der Waals surface area contributed by atoms with Crippen LogP contribution in [0.25, 0.3) is 0 Å². The van der Waals surface area contributed by atoms with Gasteiger partial charge < -0.3 is 14.5 Å². The molecule has 6 nitrogen and oxygen atoms in total. The Balaban J connectivity index is 1.22. The number of pyridine rings is 1. The normalized spacial score (nSPS) is 19.6. The zero-order valence-electron chi connectivity index (χ0n) is 15.9. The lowest BCUT2D eigenvalue weighted by Gasteiger charge is -2.60. The number of amides is 2. The highest BCUT2D eigenvalue weighted by molar-refractivity contribution is 6.17. The molecule has 2 saturated heterocycles. The quantitative estimate of drug-likeness (QED) is 0.728. The van der Waals surface area contributed by atoms with Gasteiger partial charge in [-0.15, -0.1) is 11.6 Å². The Kier molecular flexibility index (Phi) is 4.12. The van der Waals surface area contributed by atoms with E-state index in [-0.39, 0.29) is 11.4 Å². The Morgan fingerprint density at radius 1 is 1.21 bits per heavy atom. The average molecular weight is 399 g/mol. The second-order valence-corrected chi connectivity index (χ2v) is 8.39. The first-order chi connectivity index (χ1) is 13.6. The zero-order valence-corrected chi connectivity index (χ0v) is 16.7. The van der Waals surface area contributed by atoms with Crippen molar-refractivity contribution in [2.75, 3.05) is 49.1 Å². The maximum absolute atomic E-state index is 13.1. The number of aromatic nitrogens is 1. The molecular weight excluding hydrogens is 376 g/mol. The summed E-state index contributed by atoms with van der Waals surface area (Å²) >= 11 is 5.92. The lowest BCUT2D eigenvalue weighted by molar-refractivity contribution is 0.00929. The van der Waals surface area contributed by atoms with Crippen LogP contribution in [0.5, 0.6) is 5.75 Å². The largest absolute Gasteiger partial charge is 0.490 e. The van der Waals surface area contributed by atoms with Crippen LogP contribution >= 0.6 is 11.6 Å². The molecule has 0 unspecified atom stereocenters. The van der Waals surface area contributed by atoms with E-state index >= 15 is 0 Å². The summed E-state index contributed by atoms with van der Waals surface area (Å²) in [5.74, 6) is 2.21. The van der Waals surface area contributed by atoms with E-state index in [0.29, 0.717) is 19.0 Å². The second-order valence-electron chi connectivity index (χ2n) is 8.12. The number of alkyl halides is 1. The minimum absolute atomic E-state index is 0.0701. The number of hydrogen-bond donors (Lipinski definition) is 0. The fourth-order valence-corrected chi connectivity index (χ4v) is 4.55. The fourth-order valence-electron chi connectivity index (χ4n) is 4.39. The number of rotatable bonds is 2. The van der Waals surface area contributed by atoms with Gasteiger partial charge in [-0.05, 0) is 36.2 Å². The first-order valence-electron chi connectivity index (χ1n) is 9.63. The van der Waals surface area contributed by atoms with E-state index in [1.807, 2.05) is 41.1 Å². The Labute approximate surface area is 169 Å². The van der Waals surface area contributed by atoms with Crippen molar-refractivity contribution in [3.8, 4) is 5.75 Å². The lowest BCUT2D eigenvalue weighted by atomic mass is 9.73. The predicted molar refractivity (Wildman–Crippen MR) is 109 cm³/mol. The van der Waals surface area contributed by atoms with Crippen LogP contribution in [0.4, 0.5) is 16.3 Å². The first-order valence-corrected chi connectivity index (χ1v) is 10.2. The summed E-state index contributed by atoms with van der Waals surface area (Å²) in [6, 6.07) is 10.1. The Morgan fingerprint density at radius 3 is 2.75 bits per heavy atom. The number of fused-ring (bicyclic) bond motifs is 1. The second kappa shape index (κ2) is 6.55. The van der Waals surface area contributed by atoms with Gasteiger partial charge in [0.15, 0.2) is 0 Å². The third kappa shape index (κ3) is 2.87. The van der Waals surface area contributed by atoms with Crippen LogP contribution in [-0.4, -0.2) is 55.2 Å². The molecule has 3 aliphatic heterocycles. The van der Waals surface area contributed by atoms with Gasteiger partial charge in [-0.1, -0.05) is 12.1 Å². The smallest absolute Gasteiger partial charge is 0.324 e. The van der Waals surface area contributed by atoms with E-state index in [0.717, 1.165) is 49.0 Å². The third-order valence-electron chi connectivity index (χ3n) is 5.87. The van der Waals surface area contributed by atoms with Crippen molar-refractivity contribution in [2.45, 2.75) is 12.8 Å². The SMILES string of the molecule is Cc1ccc(N2CC3(CN(C(=O)N4CCOc5cc(CCl)ccc54)C3)C2)nc1. The number of benzene rings is 1. The van der Waals surface area contributed by atoms with E-state index in [1.54, 1.807) is 0 Å². The van der Waals surface area contributed by atoms with Gasteiger partial charge in [-0.2, -0.15) is 0 Å². The summed E-state index contributed by atoms with van der Waals surface area (Å²) in [7, 11) is 0. The minimum Gasteiger partial charge on any atom is -0.490 e. The molecule has 1 aromatic heterocycles. The van der Waals surface area contributed by atoms with Gasteiger partial charge >= 0.3 is 6.03 Å². The number of likely N-dealkylation sites (tertiary alicyclic amines) is 1. The number of ether oxygens (including phenoxy) is 1. The number of urea groups is 1. The maximum atomic E-state index is 13.1. The number of carbonyl (C=O) groups is 1. The van der Waals surface area contributed by atoms with Crippen LogP contribution < -0.4 is 14.5 Å². The van der Waals surface area contributed by atoms with Crippen LogP contribution in [0, 0.1) is 12.3 Å². The van der Waals surface area contributed by atoms with Crippen molar-refractivity contribution < 1.29 is 9.53 Å². The highest BCUT2D eigenvalue weighted by Gasteiger charge is 2.54. The molecule has 0 saturated carbocycles. The van der Waals surface area contributed by atoms with Gasteiger partial charge in [0.25, 0.3) is 0 Å². The monoisotopic (exact) mass is 398 g/mol. The molecule has 0 bridgehead atoms. The standard InChI is InChI=1S/C21H23ClN4O2/c1-15-2-5-19(23-10-15)24-11-21(12-24)13-25(14-21)20(27)26-6-7-28-18-8-16(9-22)3-4-17(18)26/h2-5,8,10H,6-7,9,11-14H2,1H3. The fraction of sp³-hybridized carbons (Fsp3) is 0.429. The van der Waals surface area contributed by atoms with Gasteiger partial charge in [0.1, 0.15) is 18.2 Å². The molecule has 146 valence electrons. The molecule has 1 spiro atoms. The summed E-state index contributed by atoms with van der Waals surface area (Å²) in [4.78, 5) is 23.6. The molecule has 1 aromatic carbocycles. The number of nitrogens with zero attached hydrogens (tertiary/aromatic N) is 4. The van der Waals surface area contributed by atoms with Crippen molar-refractivity contribution in [3.05, 3.63) is 47.7 Å². The van der Waals surface area contributed by atoms with E-state index in [1.165, 1.54) is 5.56 Å². The van der Waals surface area contributed by atoms with E-state index in [2.05, 4.69) is 22.0 Å². The minimum atomic E-state index is 0.0701. The molecule has 0 N–H and O–H groups in total. The van der Waals surface area contributed by atoms with Crippen LogP contribution in [-0.2, 0) is 5.88 Å². The molecule has 0 aliphatic carbocycles. The lowest BCUT2D eigenvalue weighted by Crippen LogP contribution is -2.74. The Hall–Kier alpha value is -2.47. The number of aryl methyl sites for hydroxylation is 1. The summed E-state index contributed by atoms with van der Waals surface area (Å²) < 4.78 is 5.74. The van der Waals surface area contributed by atoms with Crippen LogP contribution in [0.2, 0.25) is 0 Å². The van der Waals surface area contributed by atoms with E-state index < -0.39 is 0 Å². The molecule has 2 aromatic rings. The summed E-state index contributed by atoms with van der Waals surface area (Å²) in [6.45, 7) is 6.67. The molecule has 3 aliphatic rings. The highest BCUT2D eigenvalue weighted by atomic mass is 35.5. The van der Waals surface area contributed by atoms with E-state index in [9.17, 15) is 4.79 Å². The van der Waals surface area contributed by atoms with Crippen molar-refractivity contribution in [1.82, 2.24) is 9.88 Å². The van der Waals surface area contributed by atoms with Crippen LogP contribution in [0.15, 0.2) is 36.5 Å². The maximum Gasteiger partial charge on any atom is 0.324 e. The van der Waals surface area contributed by atoms with Crippen molar-refractivity contribution in [1.29, 1.82) is 0 Å². The zero-order chi connectivity index (χ0) is 19.3. The van der Waals surface area contributed by atoms with Crippen molar-refractivity contribution >= 4 is 29.1 Å². The number of anilines is 2. The van der Waals surface area contributed by atoms with Gasteiger partial charge in [0, 0.05) is 43.7 Å². The Bertz CT molecular complexity index is 903. The molecule has 0 radical (unpaired) electrons. The first kappa shape index (κ1) is 17.6. The van der Waals surface area contributed by atoms with Crippen LogP contribution in [0.1, 0.15) is 11.1 Å². The van der Waals surface area contributed by atoms with Crippen LogP contribution in [0.3, 0.4) is 0 Å². The third-order valence-corrected chi connectivity index (χ3v) is 6.18. The van der Waals surface area contributed by atoms with E-state index in [4.69, 9.17) is 16.3 Å². The number of carbonyl (C=O) groups excluding carboxylic acids is 1. The Morgan fingerprint density at radius 2 is 2.04 bits per heavy atom. The van der Waals surface area contributed by atoms with Gasteiger partial charge in [-0.3, -0.25) is 4.90 Å². The molecule has 28 heavy (non-hydrogen) atoms. The topological polar surface area (TPSA) is 48.9 Å². The molecule has 7 heteroatoms. The average Bonchev–Trinajstić information content (AvgIpc) is 2.66. The summed E-state index contributed by atoms with van der Waals surface area (Å²) in [5, 5.41) is 0. The molecule has 2 amide bonds. The summed E-state index contributed by atoms with van der Waals surface area (Å²) in [5.41, 5.74) is 3.23. The molecule has 2 fully saturated rings. The predicted octanol–water partition coefficient (Wildman–Crippen LogP) is 3.27. The van der Waals surface area contributed by atoms with Crippen molar-refractivity contribution in [2.24, 2.45) is 5.41 Å². The van der Waals surface area contributed by atoms with Gasteiger partial charge in [0.2, 0.25) is 0 Å². The number of hydrogen-bond acceptors (Lipinski definition) is 4. The summed E-state index contributed by atoms with van der Waals surface area (Å²) in [6.07, 6.45) is 1.91. The van der Waals surface area contributed by atoms with Gasteiger partial charge in [0.05, 0.1) is 12.2 Å². The van der Waals surface area contributed by atoms with Gasteiger partial charge in [-0.25, -0.2) is 9.78 Å². The highest BCUT2D eigenvalue weighted by Crippen LogP contribution is 2.43.